The maximum atomic E-state index is 13.7. The Hall–Kier alpha value is -2.54. The average molecular weight is 319 g/mol. The highest BCUT2D eigenvalue weighted by molar-refractivity contribution is 6.10. The topological polar surface area (TPSA) is 74.0 Å². The molecule has 1 saturated heterocycles. The van der Waals surface area contributed by atoms with E-state index in [9.17, 15) is 18.4 Å². The number of carbonyl (C=O) groups is 2. The van der Waals surface area contributed by atoms with Crippen molar-refractivity contribution < 1.29 is 18.4 Å². The van der Waals surface area contributed by atoms with Gasteiger partial charge >= 0.3 is 0 Å². The summed E-state index contributed by atoms with van der Waals surface area (Å²) in [5.74, 6) is -3.02. The van der Waals surface area contributed by atoms with Crippen molar-refractivity contribution in [1.82, 2.24) is 15.6 Å². The Morgan fingerprint density at radius 1 is 1.22 bits per heavy atom. The highest BCUT2D eigenvalue weighted by Crippen LogP contribution is 2.18. The van der Waals surface area contributed by atoms with Gasteiger partial charge in [0.05, 0.1) is 5.56 Å². The summed E-state index contributed by atoms with van der Waals surface area (Å²) in [5.41, 5.74) is -0.417. The van der Waals surface area contributed by atoms with Gasteiger partial charge in [-0.25, -0.2) is 8.78 Å². The van der Waals surface area contributed by atoms with E-state index in [0.29, 0.717) is 6.54 Å². The number of amides is 1. The van der Waals surface area contributed by atoms with E-state index >= 15 is 0 Å². The fraction of sp³-hybridized carbons (Fsp3) is 0.250. The van der Waals surface area contributed by atoms with Crippen LogP contribution in [0.15, 0.2) is 30.5 Å². The summed E-state index contributed by atoms with van der Waals surface area (Å²) in [6.07, 6.45) is 2.11. The van der Waals surface area contributed by atoms with Crippen LogP contribution in [0.5, 0.6) is 0 Å². The molecule has 2 heterocycles. The van der Waals surface area contributed by atoms with Crippen molar-refractivity contribution in [1.29, 1.82) is 0 Å². The van der Waals surface area contributed by atoms with E-state index in [0.717, 1.165) is 25.1 Å². The third kappa shape index (κ3) is 3.14. The van der Waals surface area contributed by atoms with Crippen molar-refractivity contribution in [3.05, 3.63) is 58.9 Å². The molecule has 2 aromatic rings. The zero-order chi connectivity index (χ0) is 16.4. The molecule has 1 fully saturated rings. The van der Waals surface area contributed by atoms with E-state index in [4.69, 9.17) is 0 Å². The van der Waals surface area contributed by atoms with Crippen molar-refractivity contribution in [2.75, 3.05) is 13.1 Å². The Balaban J connectivity index is 1.78. The molecule has 0 radical (unpaired) electrons. The van der Waals surface area contributed by atoms with Crippen LogP contribution in [-0.4, -0.2) is 35.8 Å². The Morgan fingerprint density at radius 3 is 2.61 bits per heavy atom. The fourth-order valence-corrected chi connectivity index (χ4v) is 2.56. The monoisotopic (exact) mass is 319 g/mol. The van der Waals surface area contributed by atoms with Gasteiger partial charge in [0.2, 0.25) is 0 Å². The fourth-order valence-electron chi connectivity index (χ4n) is 2.56. The molecule has 1 unspecified atom stereocenters. The van der Waals surface area contributed by atoms with Crippen molar-refractivity contribution in [2.24, 2.45) is 0 Å². The number of hydrogen-bond acceptors (Lipinski definition) is 3. The van der Waals surface area contributed by atoms with Gasteiger partial charge < -0.3 is 15.6 Å². The average Bonchev–Trinajstić information content (AvgIpc) is 3.18. The van der Waals surface area contributed by atoms with E-state index in [2.05, 4.69) is 15.6 Å². The largest absolute Gasteiger partial charge is 0.356 e. The predicted octanol–water partition coefficient (Wildman–Crippen LogP) is 1.62. The lowest BCUT2D eigenvalue weighted by atomic mass is 10.0. The number of H-pyrrole nitrogens is 1. The van der Waals surface area contributed by atoms with E-state index in [-0.39, 0.29) is 23.2 Å². The third-order valence-corrected chi connectivity index (χ3v) is 3.78. The molecule has 120 valence electrons. The molecule has 7 heteroatoms. The summed E-state index contributed by atoms with van der Waals surface area (Å²) < 4.78 is 27.3. The lowest BCUT2D eigenvalue weighted by Gasteiger charge is -2.09. The smallest absolute Gasteiger partial charge is 0.267 e. The minimum Gasteiger partial charge on any atom is -0.356 e. The molecule has 0 saturated carbocycles. The van der Waals surface area contributed by atoms with E-state index in [1.165, 1.54) is 18.3 Å². The predicted molar refractivity (Wildman–Crippen MR) is 79.3 cm³/mol. The van der Waals surface area contributed by atoms with Crippen LogP contribution in [0.1, 0.15) is 32.8 Å². The summed E-state index contributed by atoms with van der Waals surface area (Å²) in [5, 5.41) is 5.94. The summed E-state index contributed by atoms with van der Waals surface area (Å²) in [6.45, 7) is 1.53. The van der Waals surface area contributed by atoms with Gasteiger partial charge in [0.25, 0.3) is 5.91 Å². The SMILES string of the molecule is O=C(NC1CCNC1)c1cc(C(=O)c2c(F)cccc2F)c[nH]1. The van der Waals surface area contributed by atoms with E-state index in [1.54, 1.807) is 0 Å². The van der Waals surface area contributed by atoms with E-state index in [1.807, 2.05) is 0 Å². The van der Waals surface area contributed by atoms with Crippen LogP contribution in [-0.2, 0) is 0 Å². The molecule has 1 aromatic heterocycles. The third-order valence-electron chi connectivity index (χ3n) is 3.78. The molecule has 1 aliphatic heterocycles. The number of ketones is 1. The second kappa shape index (κ2) is 6.29. The number of rotatable bonds is 4. The Morgan fingerprint density at radius 2 is 1.96 bits per heavy atom. The minimum absolute atomic E-state index is 0.0312. The van der Waals surface area contributed by atoms with Gasteiger partial charge in [0.15, 0.2) is 5.78 Å². The number of aromatic nitrogens is 1. The first kappa shape index (κ1) is 15.4. The number of halogens is 2. The summed E-state index contributed by atoms with van der Waals surface area (Å²) in [7, 11) is 0. The van der Waals surface area contributed by atoms with Crippen LogP contribution in [0, 0.1) is 11.6 Å². The minimum atomic E-state index is -0.931. The van der Waals surface area contributed by atoms with Gasteiger partial charge in [0, 0.05) is 24.3 Å². The number of nitrogens with one attached hydrogen (secondary N) is 3. The second-order valence-corrected chi connectivity index (χ2v) is 5.39. The Bertz CT molecular complexity index is 731. The number of carbonyl (C=O) groups excluding carboxylic acids is 2. The van der Waals surface area contributed by atoms with Crippen LogP contribution in [0.4, 0.5) is 8.78 Å². The summed E-state index contributed by atoms with van der Waals surface area (Å²) in [4.78, 5) is 27.0. The van der Waals surface area contributed by atoms with Gasteiger partial charge in [0.1, 0.15) is 17.3 Å². The number of benzene rings is 1. The van der Waals surface area contributed by atoms with Crippen LogP contribution in [0.2, 0.25) is 0 Å². The molecular formula is C16H15F2N3O2. The zero-order valence-electron chi connectivity index (χ0n) is 12.2. The van der Waals surface area contributed by atoms with Crippen molar-refractivity contribution >= 4 is 11.7 Å². The van der Waals surface area contributed by atoms with Crippen molar-refractivity contribution in [2.45, 2.75) is 12.5 Å². The van der Waals surface area contributed by atoms with Gasteiger partial charge in [-0.3, -0.25) is 9.59 Å². The molecule has 0 bridgehead atoms. The maximum Gasteiger partial charge on any atom is 0.267 e. The molecule has 0 aliphatic carbocycles. The normalized spacial score (nSPS) is 17.2. The molecule has 23 heavy (non-hydrogen) atoms. The standard InChI is InChI=1S/C16H15F2N3O2/c17-11-2-1-3-12(18)14(11)15(22)9-6-13(20-7-9)16(23)21-10-4-5-19-8-10/h1-3,6-7,10,19-20H,4-5,8H2,(H,21,23). The first-order valence-corrected chi connectivity index (χ1v) is 7.25. The second-order valence-electron chi connectivity index (χ2n) is 5.39. The first-order chi connectivity index (χ1) is 11.1. The van der Waals surface area contributed by atoms with Crippen LogP contribution >= 0.6 is 0 Å². The van der Waals surface area contributed by atoms with Gasteiger partial charge in [-0.1, -0.05) is 6.07 Å². The van der Waals surface area contributed by atoms with Crippen LogP contribution in [0.25, 0.3) is 0 Å². The molecule has 0 spiro atoms. The van der Waals surface area contributed by atoms with Gasteiger partial charge in [-0.05, 0) is 31.2 Å². The quantitative estimate of drug-likeness (QED) is 0.750. The van der Waals surface area contributed by atoms with E-state index < -0.39 is 23.0 Å². The Labute approximate surface area is 131 Å². The van der Waals surface area contributed by atoms with Crippen molar-refractivity contribution in [3.8, 4) is 0 Å². The number of hydrogen-bond donors (Lipinski definition) is 3. The molecule has 3 rings (SSSR count). The molecular weight excluding hydrogens is 304 g/mol. The van der Waals surface area contributed by atoms with Gasteiger partial charge in [-0.2, -0.15) is 0 Å². The number of aromatic amines is 1. The highest BCUT2D eigenvalue weighted by atomic mass is 19.1. The maximum absolute atomic E-state index is 13.7. The van der Waals surface area contributed by atoms with Crippen molar-refractivity contribution in [3.63, 3.8) is 0 Å². The van der Waals surface area contributed by atoms with Crippen LogP contribution in [0.3, 0.4) is 0 Å². The molecule has 1 amide bonds. The lowest BCUT2D eigenvalue weighted by molar-refractivity contribution is 0.0935. The molecule has 1 aliphatic rings. The zero-order valence-corrected chi connectivity index (χ0v) is 12.2. The Kier molecular flexibility index (Phi) is 4.20. The molecule has 3 N–H and O–H groups in total. The molecule has 1 atom stereocenters. The highest BCUT2D eigenvalue weighted by Gasteiger charge is 2.22. The van der Waals surface area contributed by atoms with Crippen LogP contribution < -0.4 is 10.6 Å². The molecule has 1 aromatic carbocycles. The summed E-state index contributed by atoms with van der Waals surface area (Å²) >= 11 is 0. The first-order valence-electron chi connectivity index (χ1n) is 7.25. The van der Waals surface area contributed by atoms with Gasteiger partial charge in [-0.15, -0.1) is 0 Å². The molecule has 5 nitrogen and oxygen atoms in total. The lowest BCUT2D eigenvalue weighted by Crippen LogP contribution is -2.36. The summed E-state index contributed by atoms with van der Waals surface area (Å²) in [6, 6.07) is 4.56.